The first kappa shape index (κ1) is 17.5. The molecule has 25 heavy (non-hydrogen) atoms. The van der Waals surface area contributed by atoms with Crippen LogP contribution in [0, 0.1) is 5.92 Å². The molecule has 1 aliphatic carbocycles. The summed E-state index contributed by atoms with van der Waals surface area (Å²) in [6.45, 7) is 2.31. The number of piperazine rings is 1. The van der Waals surface area contributed by atoms with E-state index in [0.29, 0.717) is 37.7 Å². The molecule has 1 saturated carbocycles. The molecule has 1 aliphatic heterocycles. The van der Waals surface area contributed by atoms with Gasteiger partial charge < -0.3 is 19.9 Å². The van der Waals surface area contributed by atoms with Crippen LogP contribution in [0.15, 0.2) is 18.3 Å². The molecule has 0 radical (unpaired) electrons. The minimum absolute atomic E-state index is 0.184. The van der Waals surface area contributed by atoms with E-state index in [1.54, 1.807) is 23.2 Å². The molecule has 0 spiro atoms. The van der Waals surface area contributed by atoms with Crippen LogP contribution in [0.2, 0.25) is 0 Å². The summed E-state index contributed by atoms with van der Waals surface area (Å²) in [5, 5.41) is 2.83. The first-order valence-corrected chi connectivity index (χ1v) is 9.03. The summed E-state index contributed by atoms with van der Waals surface area (Å²) in [5.41, 5.74) is 0.552. The smallest absolute Gasteiger partial charge is 0.322 e. The zero-order chi connectivity index (χ0) is 17.6. The zero-order valence-corrected chi connectivity index (χ0v) is 14.7. The number of carbonyl (C=O) groups is 2. The predicted molar refractivity (Wildman–Crippen MR) is 94.5 cm³/mol. The van der Waals surface area contributed by atoms with Crippen molar-refractivity contribution in [1.82, 2.24) is 14.8 Å². The number of hydrogen-bond donors (Lipinski definition) is 1. The van der Waals surface area contributed by atoms with Crippen LogP contribution in [0.3, 0.4) is 0 Å². The highest BCUT2D eigenvalue weighted by molar-refractivity contribution is 5.90. The lowest BCUT2D eigenvalue weighted by molar-refractivity contribution is -0.137. The van der Waals surface area contributed by atoms with Crippen molar-refractivity contribution in [3.63, 3.8) is 0 Å². The molecule has 7 heteroatoms. The van der Waals surface area contributed by atoms with E-state index < -0.39 is 0 Å². The van der Waals surface area contributed by atoms with Gasteiger partial charge in [-0.15, -0.1) is 0 Å². The van der Waals surface area contributed by atoms with Gasteiger partial charge in [0, 0.05) is 38.3 Å². The molecule has 0 unspecified atom stereocenters. The van der Waals surface area contributed by atoms with Crippen LogP contribution < -0.4 is 10.1 Å². The SMILES string of the molecule is COc1ncccc1NC(=O)N1CCN(C(=O)C2CCCCC2)CC1. The second-order valence-electron chi connectivity index (χ2n) is 6.64. The van der Waals surface area contributed by atoms with Gasteiger partial charge in [-0.25, -0.2) is 9.78 Å². The van der Waals surface area contributed by atoms with Crippen molar-refractivity contribution >= 4 is 17.6 Å². The second kappa shape index (κ2) is 8.18. The summed E-state index contributed by atoms with van der Waals surface area (Å²) in [5.74, 6) is 0.851. The number of pyridine rings is 1. The maximum atomic E-state index is 12.6. The van der Waals surface area contributed by atoms with Crippen LogP contribution in [0.1, 0.15) is 32.1 Å². The summed E-state index contributed by atoms with van der Waals surface area (Å²) >= 11 is 0. The number of nitrogens with one attached hydrogen (secondary N) is 1. The van der Waals surface area contributed by atoms with Crippen molar-refractivity contribution in [3.05, 3.63) is 18.3 Å². The van der Waals surface area contributed by atoms with E-state index >= 15 is 0 Å². The zero-order valence-electron chi connectivity index (χ0n) is 14.7. The Morgan fingerprint density at radius 3 is 2.48 bits per heavy atom. The Bertz CT molecular complexity index is 608. The Morgan fingerprint density at radius 2 is 1.80 bits per heavy atom. The molecule has 0 atom stereocenters. The third-order valence-electron chi connectivity index (χ3n) is 5.04. The lowest BCUT2D eigenvalue weighted by Gasteiger charge is -2.37. The summed E-state index contributed by atoms with van der Waals surface area (Å²) in [6, 6.07) is 3.32. The summed E-state index contributed by atoms with van der Waals surface area (Å²) < 4.78 is 5.15. The Hall–Kier alpha value is -2.31. The van der Waals surface area contributed by atoms with Gasteiger partial charge in [0.2, 0.25) is 11.8 Å². The molecular formula is C18H26N4O3. The second-order valence-corrected chi connectivity index (χ2v) is 6.64. The van der Waals surface area contributed by atoms with Crippen LogP contribution in [-0.2, 0) is 4.79 Å². The van der Waals surface area contributed by atoms with Crippen molar-refractivity contribution in [3.8, 4) is 5.88 Å². The molecule has 1 aromatic heterocycles. The standard InChI is InChI=1S/C18H26N4O3/c1-25-16-15(8-5-9-19-16)20-18(24)22-12-10-21(11-13-22)17(23)14-6-3-2-4-7-14/h5,8-9,14H,2-4,6-7,10-13H2,1H3,(H,20,24). The van der Waals surface area contributed by atoms with Gasteiger partial charge in [-0.05, 0) is 25.0 Å². The first-order chi connectivity index (χ1) is 12.2. The molecular weight excluding hydrogens is 320 g/mol. The number of aromatic nitrogens is 1. The number of nitrogens with zero attached hydrogens (tertiary/aromatic N) is 3. The van der Waals surface area contributed by atoms with Crippen molar-refractivity contribution < 1.29 is 14.3 Å². The molecule has 1 aromatic rings. The van der Waals surface area contributed by atoms with Gasteiger partial charge in [-0.1, -0.05) is 19.3 Å². The first-order valence-electron chi connectivity index (χ1n) is 9.03. The molecule has 2 heterocycles. The fourth-order valence-electron chi connectivity index (χ4n) is 3.58. The van der Waals surface area contributed by atoms with Gasteiger partial charge in [0.15, 0.2) is 0 Å². The van der Waals surface area contributed by atoms with Gasteiger partial charge in [0.1, 0.15) is 5.69 Å². The van der Waals surface area contributed by atoms with Gasteiger partial charge >= 0.3 is 6.03 Å². The number of rotatable bonds is 3. The number of amides is 3. The highest BCUT2D eigenvalue weighted by Gasteiger charge is 2.29. The van der Waals surface area contributed by atoms with Crippen molar-refractivity contribution in [2.45, 2.75) is 32.1 Å². The van der Waals surface area contributed by atoms with Gasteiger partial charge in [0.05, 0.1) is 7.11 Å². The number of ether oxygens (including phenoxy) is 1. The van der Waals surface area contributed by atoms with E-state index in [2.05, 4.69) is 10.3 Å². The topological polar surface area (TPSA) is 74.8 Å². The number of anilines is 1. The highest BCUT2D eigenvalue weighted by Crippen LogP contribution is 2.26. The Morgan fingerprint density at radius 1 is 1.12 bits per heavy atom. The minimum Gasteiger partial charge on any atom is -0.480 e. The summed E-state index contributed by atoms with van der Waals surface area (Å²) in [4.78, 5) is 32.8. The van der Waals surface area contributed by atoms with Crippen molar-refractivity contribution in [1.29, 1.82) is 0 Å². The molecule has 1 saturated heterocycles. The summed E-state index contributed by atoms with van der Waals surface area (Å²) in [7, 11) is 1.52. The number of methoxy groups -OCH3 is 1. The third-order valence-corrected chi connectivity index (χ3v) is 5.04. The average molecular weight is 346 g/mol. The van der Waals surface area contributed by atoms with E-state index in [0.717, 1.165) is 25.7 Å². The van der Waals surface area contributed by atoms with Crippen molar-refractivity contribution in [2.24, 2.45) is 5.92 Å². The normalized spacial score (nSPS) is 18.8. The molecule has 7 nitrogen and oxygen atoms in total. The molecule has 2 fully saturated rings. The minimum atomic E-state index is -0.184. The number of hydrogen-bond acceptors (Lipinski definition) is 4. The quantitative estimate of drug-likeness (QED) is 0.912. The van der Waals surface area contributed by atoms with Crippen LogP contribution in [0.5, 0.6) is 5.88 Å². The third kappa shape index (κ3) is 4.21. The maximum absolute atomic E-state index is 12.6. The largest absolute Gasteiger partial charge is 0.480 e. The lowest BCUT2D eigenvalue weighted by Crippen LogP contribution is -2.53. The maximum Gasteiger partial charge on any atom is 0.322 e. The van der Waals surface area contributed by atoms with Crippen LogP contribution in [-0.4, -0.2) is 60.0 Å². The van der Waals surface area contributed by atoms with Gasteiger partial charge in [-0.3, -0.25) is 4.79 Å². The molecule has 3 rings (SSSR count). The van der Waals surface area contributed by atoms with Gasteiger partial charge in [-0.2, -0.15) is 0 Å². The molecule has 2 aliphatic rings. The number of carbonyl (C=O) groups excluding carboxylic acids is 2. The monoisotopic (exact) mass is 346 g/mol. The number of urea groups is 1. The average Bonchev–Trinajstić information content (AvgIpc) is 2.68. The fraction of sp³-hybridized carbons (Fsp3) is 0.611. The van der Waals surface area contributed by atoms with E-state index in [-0.39, 0.29) is 17.9 Å². The molecule has 1 N–H and O–H groups in total. The molecule has 3 amide bonds. The van der Waals surface area contributed by atoms with E-state index in [4.69, 9.17) is 4.74 Å². The molecule has 0 bridgehead atoms. The fourth-order valence-corrected chi connectivity index (χ4v) is 3.58. The van der Waals surface area contributed by atoms with Crippen LogP contribution >= 0.6 is 0 Å². The van der Waals surface area contributed by atoms with E-state index in [1.165, 1.54) is 13.5 Å². The van der Waals surface area contributed by atoms with Gasteiger partial charge in [0.25, 0.3) is 0 Å². The summed E-state index contributed by atoms with van der Waals surface area (Å²) in [6.07, 6.45) is 7.21. The van der Waals surface area contributed by atoms with Crippen LogP contribution in [0.25, 0.3) is 0 Å². The van der Waals surface area contributed by atoms with E-state index in [1.807, 2.05) is 4.90 Å². The van der Waals surface area contributed by atoms with Crippen molar-refractivity contribution in [2.75, 3.05) is 38.6 Å². The lowest BCUT2D eigenvalue weighted by atomic mass is 9.88. The van der Waals surface area contributed by atoms with E-state index in [9.17, 15) is 9.59 Å². The Kier molecular flexibility index (Phi) is 5.73. The highest BCUT2D eigenvalue weighted by atomic mass is 16.5. The van der Waals surface area contributed by atoms with Crippen LogP contribution in [0.4, 0.5) is 10.5 Å². The Balaban J connectivity index is 1.51. The Labute approximate surface area is 148 Å². The molecule has 0 aromatic carbocycles. The molecule has 136 valence electrons. The predicted octanol–water partition coefficient (Wildman–Crippen LogP) is 2.35.